The first kappa shape index (κ1) is 27.6. The van der Waals surface area contributed by atoms with Crippen LogP contribution in [0.3, 0.4) is 0 Å². The van der Waals surface area contributed by atoms with E-state index in [4.69, 9.17) is 0 Å². The number of allylic oxidation sites excluding steroid dienone is 4. The number of amides is 1. The van der Waals surface area contributed by atoms with E-state index >= 15 is 0 Å². The number of nitrogens with one attached hydrogen (secondary N) is 3. The minimum absolute atomic E-state index is 0.159. The lowest BCUT2D eigenvalue weighted by atomic mass is 10.1. The average Bonchev–Trinajstić information content (AvgIpc) is 2.77. The van der Waals surface area contributed by atoms with Crippen LogP contribution in [0.25, 0.3) is 0 Å². The van der Waals surface area contributed by atoms with Crippen LogP contribution in [0.2, 0.25) is 0 Å². The molecule has 32 heavy (non-hydrogen) atoms. The number of rotatable bonds is 17. The van der Waals surface area contributed by atoms with Gasteiger partial charge in [-0.2, -0.15) is 4.39 Å². The van der Waals surface area contributed by atoms with Gasteiger partial charge in [0.05, 0.1) is 12.9 Å². The van der Waals surface area contributed by atoms with Crippen LogP contribution in [0.15, 0.2) is 40.1 Å². The molecule has 0 bridgehead atoms. The number of hydrogen-bond acceptors (Lipinski definition) is 4. The molecular formula is C24H39FN4O3. The van der Waals surface area contributed by atoms with E-state index < -0.39 is 23.1 Å². The number of unbranched alkanes of at least 4 members (excludes halogenated alkanes) is 9. The normalized spacial score (nSPS) is 11.6. The molecule has 7 nitrogen and oxygen atoms in total. The van der Waals surface area contributed by atoms with Gasteiger partial charge in [0, 0.05) is 0 Å². The second-order valence-corrected chi connectivity index (χ2v) is 7.85. The van der Waals surface area contributed by atoms with E-state index in [0.29, 0.717) is 10.8 Å². The molecule has 3 N–H and O–H groups in total. The Bertz CT molecular complexity index is 814. The molecule has 8 heteroatoms. The quantitative estimate of drug-likeness (QED) is 0.184. The Kier molecular flexibility index (Phi) is 15.6. The summed E-state index contributed by atoms with van der Waals surface area (Å²) in [6.07, 6.45) is 23.9. The number of H-pyrrole nitrogens is 1. The van der Waals surface area contributed by atoms with Gasteiger partial charge in [-0.3, -0.25) is 15.1 Å². The third-order valence-corrected chi connectivity index (χ3v) is 5.04. The zero-order chi connectivity index (χ0) is 23.4. The highest BCUT2D eigenvalue weighted by atomic mass is 19.1. The molecule has 0 aliphatic rings. The summed E-state index contributed by atoms with van der Waals surface area (Å²) >= 11 is 0. The van der Waals surface area contributed by atoms with Crippen LogP contribution in [0.1, 0.15) is 84.0 Å². The van der Waals surface area contributed by atoms with Gasteiger partial charge in [-0.25, -0.2) is 14.2 Å². The van der Waals surface area contributed by atoms with Crippen LogP contribution in [0.5, 0.6) is 0 Å². The Hall–Kier alpha value is -2.48. The van der Waals surface area contributed by atoms with E-state index in [2.05, 4.69) is 41.9 Å². The Balaban J connectivity index is 1.93. The number of hydrogen-bond donors (Lipinski definition) is 3. The fourth-order valence-electron chi connectivity index (χ4n) is 3.15. The molecule has 1 rings (SSSR count). The maximum Gasteiger partial charge on any atom is 0.336 e. The van der Waals surface area contributed by atoms with Gasteiger partial charge in [0.15, 0.2) is 0 Å². The van der Waals surface area contributed by atoms with E-state index in [-0.39, 0.29) is 6.67 Å². The monoisotopic (exact) mass is 450 g/mol. The molecule has 0 saturated carbocycles. The maximum atomic E-state index is 13.2. The van der Waals surface area contributed by atoms with Crippen molar-refractivity contribution in [1.29, 1.82) is 0 Å². The lowest BCUT2D eigenvalue weighted by Gasteiger charge is -2.08. The van der Waals surface area contributed by atoms with E-state index in [1.54, 1.807) is 4.98 Å². The smallest absolute Gasteiger partial charge is 0.325 e. The molecule has 1 aromatic heterocycles. The van der Waals surface area contributed by atoms with Gasteiger partial charge in [-0.1, -0.05) is 69.8 Å². The first-order valence-electron chi connectivity index (χ1n) is 11.9. The third kappa shape index (κ3) is 13.0. The van der Waals surface area contributed by atoms with E-state index in [0.717, 1.165) is 32.2 Å². The summed E-state index contributed by atoms with van der Waals surface area (Å²) in [7, 11) is 0. The molecule has 0 aromatic carbocycles. The molecule has 1 amide bonds. The summed E-state index contributed by atoms with van der Waals surface area (Å²) in [5.41, 5.74) is -2.12. The highest BCUT2D eigenvalue weighted by molar-refractivity contribution is 5.76. The van der Waals surface area contributed by atoms with Crippen molar-refractivity contribution in [2.24, 2.45) is 0 Å². The molecule has 0 aliphatic heterocycles. The van der Waals surface area contributed by atoms with Gasteiger partial charge >= 0.3 is 11.7 Å². The van der Waals surface area contributed by atoms with Gasteiger partial charge in [-0.05, 0) is 45.1 Å². The summed E-state index contributed by atoms with van der Waals surface area (Å²) < 4.78 is 13.7. The van der Waals surface area contributed by atoms with Crippen molar-refractivity contribution in [1.82, 2.24) is 20.2 Å². The average molecular weight is 451 g/mol. The van der Waals surface area contributed by atoms with E-state index in [9.17, 15) is 18.8 Å². The van der Waals surface area contributed by atoms with Crippen molar-refractivity contribution in [2.75, 3.05) is 13.2 Å². The number of aromatic nitrogens is 2. The molecule has 0 atom stereocenters. The van der Waals surface area contributed by atoms with Gasteiger partial charge in [-0.15, -0.1) is 0 Å². The van der Waals surface area contributed by atoms with Gasteiger partial charge in [0.25, 0.3) is 5.56 Å². The molecule has 0 spiro atoms. The van der Waals surface area contributed by atoms with Gasteiger partial charge in [0.2, 0.25) is 5.82 Å². The lowest BCUT2D eigenvalue weighted by molar-refractivity contribution is 0.240. The molecule has 0 aliphatic carbocycles. The number of halogens is 1. The minimum atomic E-state index is -1.19. The number of nitrogens with zero attached hydrogens (tertiary/aromatic N) is 1. The minimum Gasteiger partial charge on any atom is -0.325 e. The molecule has 0 saturated heterocycles. The Morgan fingerprint density at radius 3 is 2.28 bits per heavy atom. The molecular weight excluding hydrogens is 411 g/mol. The molecule has 0 fully saturated rings. The number of carbonyl (C=O) groups excluding carboxylic acids is 1. The second kappa shape index (κ2) is 18.1. The van der Waals surface area contributed by atoms with E-state index in [1.807, 2.05) is 0 Å². The van der Waals surface area contributed by atoms with E-state index in [1.165, 1.54) is 51.4 Å². The SMILES string of the molecule is CCCCC/C=C\C/C=C\CCCCCCCCNCNC(=O)n1cc(F)c(=O)[nH]c1=O. The molecule has 0 radical (unpaired) electrons. The maximum absolute atomic E-state index is 13.2. The fraction of sp³-hybridized carbons (Fsp3) is 0.625. The van der Waals surface area contributed by atoms with Crippen LogP contribution in [0, 0.1) is 5.82 Å². The lowest BCUT2D eigenvalue weighted by Crippen LogP contribution is -2.43. The zero-order valence-corrected chi connectivity index (χ0v) is 19.3. The second-order valence-electron chi connectivity index (χ2n) is 7.85. The van der Waals surface area contributed by atoms with Crippen LogP contribution < -0.4 is 21.9 Å². The fourth-order valence-corrected chi connectivity index (χ4v) is 3.15. The van der Waals surface area contributed by atoms with Crippen molar-refractivity contribution in [2.45, 2.75) is 84.0 Å². The molecule has 180 valence electrons. The highest BCUT2D eigenvalue weighted by Crippen LogP contribution is 2.07. The molecule has 1 heterocycles. The first-order chi connectivity index (χ1) is 15.6. The highest BCUT2D eigenvalue weighted by Gasteiger charge is 2.09. The Labute approximate surface area is 190 Å². The van der Waals surface area contributed by atoms with Crippen molar-refractivity contribution in [3.8, 4) is 0 Å². The Morgan fingerprint density at radius 1 is 0.969 bits per heavy atom. The summed E-state index contributed by atoms with van der Waals surface area (Å²) in [6.45, 7) is 3.13. The number of aromatic amines is 1. The predicted octanol–water partition coefficient (Wildman–Crippen LogP) is 4.59. The van der Waals surface area contributed by atoms with Gasteiger partial charge < -0.3 is 5.32 Å². The summed E-state index contributed by atoms with van der Waals surface area (Å²) in [5, 5.41) is 5.51. The van der Waals surface area contributed by atoms with Crippen LogP contribution in [0.4, 0.5) is 9.18 Å². The Morgan fingerprint density at radius 2 is 1.59 bits per heavy atom. The topological polar surface area (TPSA) is 96.0 Å². The zero-order valence-electron chi connectivity index (χ0n) is 19.3. The predicted molar refractivity (Wildman–Crippen MR) is 127 cm³/mol. The molecule has 1 aromatic rings. The van der Waals surface area contributed by atoms with Crippen LogP contribution >= 0.6 is 0 Å². The van der Waals surface area contributed by atoms with Crippen molar-refractivity contribution >= 4 is 6.03 Å². The number of carbonyl (C=O) groups is 1. The first-order valence-corrected chi connectivity index (χ1v) is 11.9. The standard InChI is InChI=1S/C24H39FN4O3/c1-2-3-4-5-6-7-8-9-10-11-12-13-14-15-16-17-18-26-20-27-23(31)29-19-21(25)22(30)28-24(29)32/h6-7,9-10,19,26H,2-5,8,11-18,20H2,1H3,(H,27,31)(H,28,30,32)/b7-6-,10-9-. The third-order valence-electron chi connectivity index (χ3n) is 5.04. The van der Waals surface area contributed by atoms with Gasteiger partial charge in [0.1, 0.15) is 0 Å². The summed E-state index contributed by atoms with van der Waals surface area (Å²) in [5.74, 6) is -1.19. The van der Waals surface area contributed by atoms with Crippen molar-refractivity contribution in [3.05, 3.63) is 57.2 Å². The summed E-state index contributed by atoms with van der Waals surface area (Å²) in [6, 6.07) is -0.797. The van der Waals surface area contributed by atoms with Crippen molar-refractivity contribution in [3.63, 3.8) is 0 Å². The molecule has 0 unspecified atom stereocenters. The van der Waals surface area contributed by atoms with Crippen LogP contribution in [-0.4, -0.2) is 28.8 Å². The summed E-state index contributed by atoms with van der Waals surface area (Å²) in [4.78, 5) is 36.0. The largest absolute Gasteiger partial charge is 0.336 e. The van der Waals surface area contributed by atoms with Crippen LogP contribution in [-0.2, 0) is 0 Å². The van der Waals surface area contributed by atoms with Crippen molar-refractivity contribution < 1.29 is 9.18 Å².